The van der Waals surface area contributed by atoms with Crippen molar-refractivity contribution in [2.24, 2.45) is 0 Å². The fourth-order valence-corrected chi connectivity index (χ4v) is 1.71. The Bertz CT molecular complexity index is 595. The van der Waals surface area contributed by atoms with E-state index in [2.05, 4.69) is 0 Å². The van der Waals surface area contributed by atoms with E-state index in [1.807, 2.05) is 0 Å². The molecule has 2 rings (SSSR count). The number of non-ortho nitro benzene ring substituents is 1. The summed E-state index contributed by atoms with van der Waals surface area (Å²) in [6.07, 6.45) is 0. The Labute approximate surface area is 103 Å². The van der Waals surface area contributed by atoms with Crippen LogP contribution in [0.2, 0.25) is 0 Å². The number of rotatable bonds is 3. The zero-order valence-electron chi connectivity index (χ0n) is 9.66. The lowest BCUT2D eigenvalue weighted by molar-refractivity contribution is -0.384. The number of nitrogens with zero attached hydrogens (tertiary/aromatic N) is 1. The first-order chi connectivity index (χ1) is 8.63. The maximum Gasteiger partial charge on any atom is 0.270 e. The van der Waals surface area contributed by atoms with Gasteiger partial charge in [0.15, 0.2) is 11.5 Å². The van der Waals surface area contributed by atoms with Crippen LogP contribution < -0.4 is 4.74 Å². The molecular weight excluding hydrogens is 234 g/mol. The van der Waals surface area contributed by atoms with Gasteiger partial charge in [0.2, 0.25) is 0 Å². The van der Waals surface area contributed by atoms with Crippen LogP contribution in [0.5, 0.6) is 11.5 Å². The Morgan fingerprint density at radius 3 is 2.61 bits per heavy atom. The zero-order chi connectivity index (χ0) is 13.1. The number of benzene rings is 2. The molecule has 0 aliphatic rings. The van der Waals surface area contributed by atoms with Crippen LogP contribution in [0.15, 0.2) is 42.5 Å². The lowest BCUT2D eigenvalue weighted by Crippen LogP contribution is -1.89. The van der Waals surface area contributed by atoms with Gasteiger partial charge in [-0.15, -0.1) is 0 Å². The van der Waals surface area contributed by atoms with Crippen LogP contribution in [0.25, 0.3) is 11.1 Å². The van der Waals surface area contributed by atoms with Crippen molar-refractivity contribution in [2.45, 2.75) is 0 Å². The predicted molar refractivity (Wildman–Crippen MR) is 66.7 cm³/mol. The van der Waals surface area contributed by atoms with Crippen molar-refractivity contribution in [2.75, 3.05) is 7.11 Å². The molecule has 0 fully saturated rings. The van der Waals surface area contributed by atoms with Gasteiger partial charge in [0.25, 0.3) is 5.69 Å². The van der Waals surface area contributed by atoms with Crippen molar-refractivity contribution < 1.29 is 14.8 Å². The number of methoxy groups -OCH3 is 1. The van der Waals surface area contributed by atoms with Gasteiger partial charge in [-0.3, -0.25) is 10.1 Å². The molecule has 0 unspecified atom stereocenters. The number of nitro groups is 1. The Morgan fingerprint density at radius 1 is 1.22 bits per heavy atom. The van der Waals surface area contributed by atoms with Crippen LogP contribution in [0.3, 0.4) is 0 Å². The van der Waals surface area contributed by atoms with Crippen molar-refractivity contribution in [3.63, 3.8) is 0 Å². The number of phenols is 1. The molecule has 0 aromatic heterocycles. The lowest BCUT2D eigenvalue weighted by atomic mass is 10.0. The molecule has 92 valence electrons. The number of ether oxygens (including phenoxy) is 1. The van der Waals surface area contributed by atoms with Gasteiger partial charge in [0, 0.05) is 17.7 Å². The van der Waals surface area contributed by atoms with E-state index in [1.165, 1.54) is 19.2 Å². The standard InChI is InChI=1S/C13H11NO4/c1-18-12-7-3-6-11(13(12)15)9-4-2-5-10(8-9)14(16)17/h2-8,15H,1H3. The Hall–Kier alpha value is -2.56. The van der Waals surface area contributed by atoms with E-state index in [-0.39, 0.29) is 11.4 Å². The van der Waals surface area contributed by atoms with Crippen LogP contribution in [-0.4, -0.2) is 17.1 Å². The highest BCUT2D eigenvalue weighted by Gasteiger charge is 2.12. The first kappa shape index (κ1) is 11.9. The van der Waals surface area contributed by atoms with Gasteiger partial charge in [-0.25, -0.2) is 0 Å². The van der Waals surface area contributed by atoms with E-state index in [0.29, 0.717) is 16.9 Å². The molecule has 5 nitrogen and oxygen atoms in total. The first-order valence-electron chi connectivity index (χ1n) is 5.24. The molecule has 0 spiro atoms. The maximum absolute atomic E-state index is 10.7. The molecule has 2 aromatic carbocycles. The van der Waals surface area contributed by atoms with Crippen molar-refractivity contribution in [3.8, 4) is 22.6 Å². The molecule has 0 saturated heterocycles. The third-order valence-corrected chi connectivity index (χ3v) is 2.59. The molecule has 0 bridgehead atoms. The van der Waals surface area contributed by atoms with Crippen LogP contribution in [0.4, 0.5) is 5.69 Å². The summed E-state index contributed by atoms with van der Waals surface area (Å²) in [5.41, 5.74) is 1.05. The molecule has 0 saturated carbocycles. The topological polar surface area (TPSA) is 72.6 Å². The molecule has 0 amide bonds. The second kappa shape index (κ2) is 4.75. The molecule has 0 aliphatic carbocycles. The van der Waals surface area contributed by atoms with Gasteiger partial charge < -0.3 is 9.84 Å². The van der Waals surface area contributed by atoms with E-state index in [1.54, 1.807) is 30.3 Å². The third kappa shape index (κ3) is 2.10. The summed E-state index contributed by atoms with van der Waals surface area (Å²) in [5.74, 6) is 0.305. The van der Waals surface area contributed by atoms with Crippen molar-refractivity contribution in [3.05, 3.63) is 52.6 Å². The summed E-state index contributed by atoms with van der Waals surface area (Å²) in [4.78, 5) is 10.2. The Kier molecular flexibility index (Phi) is 3.14. The molecule has 0 aliphatic heterocycles. The minimum absolute atomic E-state index is 0.0188. The molecular formula is C13H11NO4. The lowest BCUT2D eigenvalue weighted by Gasteiger charge is -2.08. The van der Waals surface area contributed by atoms with Crippen molar-refractivity contribution >= 4 is 5.69 Å². The number of hydrogen-bond acceptors (Lipinski definition) is 4. The molecule has 0 heterocycles. The SMILES string of the molecule is COc1cccc(-c2cccc([N+](=O)[O-])c2)c1O. The van der Waals surface area contributed by atoms with Gasteiger partial charge in [-0.2, -0.15) is 0 Å². The molecule has 5 heteroatoms. The fourth-order valence-electron chi connectivity index (χ4n) is 1.71. The van der Waals surface area contributed by atoms with Gasteiger partial charge >= 0.3 is 0 Å². The normalized spacial score (nSPS) is 10.1. The average Bonchev–Trinajstić information content (AvgIpc) is 2.39. The highest BCUT2D eigenvalue weighted by Crippen LogP contribution is 2.37. The minimum Gasteiger partial charge on any atom is -0.504 e. The summed E-state index contributed by atoms with van der Waals surface area (Å²) >= 11 is 0. The number of hydrogen-bond donors (Lipinski definition) is 1. The largest absolute Gasteiger partial charge is 0.504 e. The Morgan fingerprint density at radius 2 is 1.94 bits per heavy atom. The predicted octanol–water partition coefficient (Wildman–Crippen LogP) is 2.98. The van der Waals surface area contributed by atoms with E-state index in [4.69, 9.17) is 4.74 Å². The summed E-state index contributed by atoms with van der Waals surface area (Å²) in [6, 6.07) is 11.1. The van der Waals surface area contributed by atoms with E-state index < -0.39 is 4.92 Å². The fraction of sp³-hybridized carbons (Fsp3) is 0.0769. The summed E-state index contributed by atoms with van der Waals surface area (Å²) < 4.78 is 5.00. The number of aromatic hydroxyl groups is 1. The average molecular weight is 245 g/mol. The molecule has 0 atom stereocenters. The second-order valence-electron chi connectivity index (χ2n) is 3.66. The number of para-hydroxylation sites is 1. The quantitative estimate of drug-likeness (QED) is 0.666. The Balaban J connectivity index is 2.55. The van der Waals surface area contributed by atoms with Crippen molar-refractivity contribution in [1.29, 1.82) is 0 Å². The molecule has 18 heavy (non-hydrogen) atoms. The zero-order valence-corrected chi connectivity index (χ0v) is 9.66. The van der Waals surface area contributed by atoms with Gasteiger partial charge in [-0.05, 0) is 11.6 Å². The molecule has 1 N–H and O–H groups in total. The van der Waals surface area contributed by atoms with Gasteiger partial charge in [-0.1, -0.05) is 24.3 Å². The maximum atomic E-state index is 10.7. The van der Waals surface area contributed by atoms with Crippen LogP contribution in [-0.2, 0) is 0 Å². The smallest absolute Gasteiger partial charge is 0.270 e. The molecule has 2 aromatic rings. The van der Waals surface area contributed by atoms with Crippen LogP contribution in [0, 0.1) is 10.1 Å². The number of phenolic OH excluding ortho intramolecular Hbond substituents is 1. The third-order valence-electron chi connectivity index (χ3n) is 2.59. The summed E-state index contributed by atoms with van der Waals surface area (Å²) in [6.45, 7) is 0. The van der Waals surface area contributed by atoms with Gasteiger partial charge in [0.1, 0.15) is 0 Å². The summed E-state index contributed by atoms with van der Waals surface area (Å²) in [7, 11) is 1.45. The van der Waals surface area contributed by atoms with E-state index >= 15 is 0 Å². The minimum atomic E-state index is -0.472. The molecule has 0 radical (unpaired) electrons. The van der Waals surface area contributed by atoms with Crippen LogP contribution >= 0.6 is 0 Å². The highest BCUT2D eigenvalue weighted by molar-refractivity contribution is 5.74. The van der Waals surface area contributed by atoms with E-state index in [0.717, 1.165) is 0 Å². The highest BCUT2D eigenvalue weighted by atomic mass is 16.6. The van der Waals surface area contributed by atoms with Gasteiger partial charge in [0.05, 0.1) is 12.0 Å². The summed E-state index contributed by atoms with van der Waals surface area (Å²) in [5, 5.41) is 20.7. The first-order valence-corrected chi connectivity index (χ1v) is 5.24. The second-order valence-corrected chi connectivity index (χ2v) is 3.66. The van der Waals surface area contributed by atoms with Crippen molar-refractivity contribution in [1.82, 2.24) is 0 Å². The monoisotopic (exact) mass is 245 g/mol. The number of nitro benzene ring substituents is 1. The van der Waals surface area contributed by atoms with E-state index in [9.17, 15) is 15.2 Å². The van der Waals surface area contributed by atoms with Crippen LogP contribution in [0.1, 0.15) is 0 Å².